The number of carbonyl (C=O) groups is 1. The third-order valence-corrected chi connectivity index (χ3v) is 2.99. The van der Waals surface area contributed by atoms with Crippen molar-refractivity contribution in [3.8, 4) is 5.75 Å². The first-order valence-corrected chi connectivity index (χ1v) is 6.96. The molecule has 0 heterocycles. The molecule has 4 nitrogen and oxygen atoms in total. The number of aryl methyl sites for hydroxylation is 1. The summed E-state index contributed by atoms with van der Waals surface area (Å²) < 4.78 is 5.71. The summed E-state index contributed by atoms with van der Waals surface area (Å²) in [6.07, 6.45) is 0. The fraction of sp³-hybridized carbons (Fsp3) is 0.235. The van der Waals surface area contributed by atoms with E-state index >= 15 is 0 Å². The van der Waals surface area contributed by atoms with Gasteiger partial charge in [0.25, 0.3) is 0 Å². The molecule has 2 amide bonds. The van der Waals surface area contributed by atoms with E-state index in [1.165, 1.54) is 0 Å². The fourth-order valence-corrected chi connectivity index (χ4v) is 1.89. The van der Waals surface area contributed by atoms with Crippen molar-refractivity contribution in [2.24, 2.45) is 0 Å². The first kappa shape index (κ1) is 14.9. The van der Waals surface area contributed by atoms with E-state index < -0.39 is 0 Å². The van der Waals surface area contributed by atoms with Crippen molar-refractivity contribution in [2.45, 2.75) is 19.9 Å². The predicted molar refractivity (Wildman–Crippen MR) is 84.7 cm³/mol. The second-order valence-electron chi connectivity index (χ2n) is 4.94. The Morgan fingerprint density at radius 2 is 1.76 bits per heavy atom. The zero-order valence-electron chi connectivity index (χ0n) is 12.3. The van der Waals surface area contributed by atoms with Gasteiger partial charge in [-0.2, -0.15) is 0 Å². The van der Waals surface area contributed by atoms with Gasteiger partial charge in [0, 0.05) is 5.69 Å². The van der Waals surface area contributed by atoms with Gasteiger partial charge in [0.15, 0.2) is 0 Å². The molecular formula is C17H20N2O2. The fourth-order valence-electron chi connectivity index (χ4n) is 1.89. The molecule has 0 fully saturated rings. The van der Waals surface area contributed by atoms with Crippen molar-refractivity contribution in [2.75, 3.05) is 11.9 Å². The molecule has 0 saturated carbocycles. The molecule has 2 N–H and O–H groups in total. The molecule has 2 aromatic carbocycles. The van der Waals surface area contributed by atoms with E-state index in [9.17, 15) is 4.79 Å². The summed E-state index contributed by atoms with van der Waals surface area (Å²) in [5, 5.41) is 5.62. The summed E-state index contributed by atoms with van der Waals surface area (Å²) in [5.74, 6) is 0.842. The van der Waals surface area contributed by atoms with Crippen LogP contribution in [0, 0.1) is 6.92 Å². The third-order valence-electron chi connectivity index (χ3n) is 2.99. The largest absolute Gasteiger partial charge is 0.491 e. The number of carbonyl (C=O) groups excluding carboxylic acids is 1. The lowest BCUT2D eigenvalue weighted by Gasteiger charge is -2.16. The molecule has 1 unspecified atom stereocenters. The first-order valence-electron chi connectivity index (χ1n) is 6.96. The zero-order chi connectivity index (χ0) is 15.1. The van der Waals surface area contributed by atoms with Crippen LogP contribution in [0.25, 0.3) is 0 Å². The number of para-hydroxylation sites is 2. The van der Waals surface area contributed by atoms with Gasteiger partial charge >= 0.3 is 6.03 Å². The monoisotopic (exact) mass is 284 g/mol. The molecule has 2 aromatic rings. The van der Waals surface area contributed by atoms with Crippen LogP contribution >= 0.6 is 0 Å². The standard InChI is InChI=1S/C17H20N2O2/c1-13-8-6-7-11-16(13)21-12-14(2)18-17(20)19-15-9-4-3-5-10-15/h3-11,14H,12H2,1-2H3,(H2,18,19,20). The molecule has 0 bridgehead atoms. The Bertz CT molecular complexity index is 584. The normalized spacial score (nSPS) is 11.5. The van der Waals surface area contributed by atoms with Crippen LogP contribution in [0.2, 0.25) is 0 Å². The number of ether oxygens (including phenoxy) is 1. The molecule has 0 aliphatic carbocycles. The molecule has 4 heteroatoms. The van der Waals surface area contributed by atoms with E-state index in [1.54, 1.807) is 0 Å². The van der Waals surface area contributed by atoms with Crippen molar-refractivity contribution >= 4 is 11.7 Å². The van der Waals surface area contributed by atoms with Crippen LogP contribution in [0.3, 0.4) is 0 Å². The maximum Gasteiger partial charge on any atom is 0.319 e. The Morgan fingerprint density at radius 3 is 2.48 bits per heavy atom. The molecule has 0 saturated heterocycles. The lowest BCUT2D eigenvalue weighted by molar-refractivity contribution is 0.236. The third kappa shape index (κ3) is 4.84. The van der Waals surface area contributed by atoms with Crippen LogP contribution in [0.5, 0.6) is 5.75 Å². The molecule has 2 rings (SSSR count). The van der Waals surface area contributed by atoms with Crippen molar-refractivity contribution in [3.05, 3.63) is 60.2 Å². The molecule has 1 atom stereocenters. The lowest BCUT2D eigenvalue weighted by Crippen LogP contribution is -2.39. The summed E-state index contributed by atoms with van der Waals surface area (Å²) in [7, 11) is 0. The summed E-state index contributed by atoms with van der Waals surface area (Å²) >= 11 is 0. The van der Waals surface area contributed by atoms with Crippen molar-refractivity contribution < 1.29 is 9.53 Å². The highest BCUT2D eigenvalue weighted by Crippen LogP contribution is 2.16. The van der Waals surface area contributed by atoms with Crippen LogP contribution in [0.15, 0.2) is 54.6 Å². The predicted octanol–water partition coefficient (Wildman–Crippen LogP) is 3.58. The Labute approximate surface area is 125 Å². The molecule has 21 heavy (non-hydrogen) atoms. The highest BCUT2D eigenvalue weighted by molar-refractivity contribution is 5.89. The number of anilines is 1. The van der Waals surface area contributed by atoms with Gasteiger partial charge in [0.2, 0.25) is 0 Å². The van der Waals surface area contributed by atoms with Gasteiger partial charge in [-0.3, -0.25) is 0 Å². The smallest absolute Gasteiger partial charge is 0.319 e. The second kappa shape index (κ2) is 7.33. The minimum atomic E-state index is -0.234. The second-order valence-corrected chi connectivity index (χ2v) is 4.94. The average molecular weight is 284 g/mol. The lowest BCUT2D eigenvalue weighted by atomic mass is 10.2. The van der Waals surface area contributed by atoms with E-state index in [2.05, 4.69) is 10.6 Å². The van der Waals surface area contributed by atoms with Gasteiger partial charge in [0.1, 0.15) is 12.4 Å². The topological polar surface area (TPSA) is 50.4 Å². The molecule has 0 radical (unpaired) electrons. The Morgan fingerprint density at radius 1 is 1.10 bits per heavy atom. The highest BCUT2D eigenvalue weighted by atomic mass is 16.5. The van der Waals surface area contributed by atoms with Crippen molar-refractivity contribution in [3.63, 3.8) is 0 Å². The maximum absolute atomic E-state index is 11.8. The van der Waals surface area contributed by atoms with Gasteiger partial charge in [-0.15, -0.1) is 0 Å². The van der Waals surface area contributed by atoms with E-state index in [-0.39, 0.29) is 12.1 Å². The van der Waals surface area contributed by atoms with E-state index in [1.807, 2.05) is 68.4 Å². The van der Waals surface area contributed by atoms with Gasteiger partial charge in [0.05, 0.1) is 6.04 Å². The van der Waals surface area contributed by atoms with Crippen LogP contribution < -0.4 is 15.4 Å². The quantitative estimate of drug-likeness (QED) is 0.881. The molecule has 110 valence electrons. The van der Waals surface area contributed by atoms with Crippen LogP contribution in [0.1, 0.15) is 12.5 Å². The van der Waals surface area contributed by atoms with Gasteiger partial charge in [-0.1, -0.05) is 36.4 Å². The van der Waals surface area contributed by atoms with E-state index in [0.29, 0.717) is 6.61 Å². The molecule has 0 aromatic heterocycles. The van der Waals surface area contributed by atoms with Gasteiger partial charge < -0.3 is 15.4 Å². The molecule has 0 aliphatic rings. The number of amides is 2. The molecule has 0 aliphatic heterocycles. The highest BCUT2D eigenvalue weighted by Gasteiger charge is 2.08. The molecule has 0 spiro atoms. The van der Waals surface area contributed by atoms with E-state index in [0.717, 1.165) is 17.0 Å². The van der Waals surface area contributed by atoms with E-state index in [4.69, 9.17) is 4.74 Å². The van der Waals surface area contributed by atoms with Crippen LogP contribution in [0.4, 0.5) is 10.5 Å². The first-order chi connectivity index (χ1) is 10.1. The Hall–Kier alpha value is -2.49. The number of nitrogens with one attached hydrogen (secondary N) is 2. The zero-order valence-corrected chi connectivity index (χ0v) is 12.3. The summed E-state index contributed by atoms with van der Waals surface area (Å²) in [4.78, 5) is 11.8. The number of hydrogen-bond donors (Lipinski definition) is 2. The van der Waals surface area contributed by atoms with Crippen LogP contribution in [-0.2, 0) is 0 Å². The Balaban J connectivity index is 1.78. The van der Waals surface area contributed by atoms with Crippen molar-refractivity contribution in [1.29, 1.82) is 0 Å². The summed E-state index contributed by atoms with van der Waals surface area (Å²) in [6, 6.07) is 16.8. The Kier molecular flexibility index (Phi) is 5.21. The van der Waals surface area contributed by atoms with Crippen LogP contribution in [-0.4, -0.2) is 18.7 Å². The SMILES string of the molecule is Cc1ccccc1OCC(C)NC(=O)Nc1ccccc1. The van der Waals surface area contributed by atoms with Gasteiger partial charge in [-0.25, -0.2) is 4.79 Å². The number of benzene rings is 2. The number of urea groups is 1. The van der Waals surface area contributed by atoms with Crippen molar-refractivity contribution in [1.82, 2.24) is 5.32 Å². The summed E-state index contributed by atoms with van der Waals surface area (Å²) in [6.45, 7) is 4.32. The average Bonchev–Trinajstić information content (AvgIpc) is 2.47. The maximum atomic E-state index is 11.8. The summed E-state index contributed by atoms with van der Waals surface area (Å²) in [5.41, 5.74) is 1.85. The molecular weight excluding hydrogens is 264 g/mol. The number of rotatable bonds is 5. The minimum absolute atomic E-state index is 0.0895. The number of hydrogen-bond acceptors (Lipinski definition) is 2. The van der Waals surface area contributed by atoms with Gasteiger partial charge in [-0.05, 0) is 37.6 Å². The minimum Gasteiger partial charge on any atom is -0.491 e.